The van der Waals surface area contributed by atoms with E-state index in [0.717, 1.165) is 26.1 Å². The van der Waals surface area contributed by atoms with Crippen LogP contribution in [0.5, 0.6) is 0 Å². The van der Waals surface area contributed by atoms with Crippen molar-refractivity contribution in [2.75, 3.05) is 24.6 Å². The lowest BCUT2D eigenvalue weighted by molar-refractivity contribution is -0.129. The summed E-state index contributed by atoms with van der Waals surface area (Å²) in [4.78, 5) is 27.4. The molecule has 0 saturated carbocycles. The van der Waals surface area contributed by atoms with E-state index in [1.54, 1.807) is 38.1 Å². The van der Waals surface area contributed by atoms with E-state index in [-0.39, 0.29) is 18.4 Å². The molecule has 7 heteroatoms. The number of likely N-dealkylation sites (N-methyl/N-ethyl adjacent to an activating group) is 1. The number of nitrogens with one attached hydrogen (secondary N) is 1. The predicted molar refractivity (Wildman–Crippen MR) is 100 cm³/mol. The van der Waals surface area contributed by atoms with Crippen molar-refractivity contribution in [2.45, 2.75) is 45.3 Å². The van der Waals surface area contributed by atoms with Gasteiger partial charge in [0, 0.05) is 24.7 Å². The van der Waals surface area contributed by atoms with E-state index in [0.29, 0.717) is 17.0 Å². The Morgan fingerprint density at radius 2 is 2.19 bits per heavy atom. The zero-order chi connectivity index (χ0) is 18.9. The molecule has 0 aromatic heterocycles. The van der Waals surface area contributed by atoms with Crippen LogP contribution in [0.4, 0.5) is 5.69 Å². The Kier molecular flexibility index (Phi) is 5.11. The smallest absolute Gasteiger partial charge is 0.285 e. The topological polar surface area (TPSA) is 85.2 Å². The maximum absolute atomic E-state index is 12.6. The van der Waals surface area contributed by atoms with Crippen molar-refractivity contribution >= 4 is 23.2 Å². The predicted octanol–water partition coefficient (Wildman–Crippen LogP) is 1.37. The normalized spacial score (nSPS) is 26.3. The van der Waals surface area contributed by atoms with E-state index >= 15 is 0 Å². The van der Waals surface area contributed by atoms with Gasteiger partial charge in [0.05, 0.1) is 11.4 Å². The van der Waals surface area contributed by atoms with Gasteiger partial charge in [0.15, 0.2) is 5.60 Å². The van der Waals surface area contributed by atoms with E-state index < -0.39 is 11.5 Å². The van der Waals surface area contributed by atoms with Gasteiger partial charge in [-0.1, -0.05) is 19.9 Å². The second-order valence-corrected chi connectivity index (χ2v) is 6.92. The maximum atomic E-state index is 12.6. The standard InChI is InChI=1S/C19H26N4O3/c1-4-19(26)13(3)21-23(18(19)25)16-8-6-7-14(11-16)17(24)20-15-9-10-22(5-2)12-15/h6-8,11,15,26H,4-5,9-10,12H2,1-3H3,(H,20,24). The number of benzene rings is 1. The molecule has 1 aromatic carbocycles. The van der Waals surface area contributed by atoms with Gasteiger partial charge in [-0.15, -0.1) is 0 Å². The van der Waals surface area contributed by atoms with Crippen LogP contribution >= 0.6 is 0 Å². The van der Waals surface area contributed by atoms with Crippen LogP contribution in [0.1, 0.15) is 44.0 Å². The number of amides is 2. The first-order chi connectivity index (χ1) is 12.4. The minimum Gasteiger partial charge on any atom is -0.374 e. The van der Waals surface area contributed by atoms with Crippen LogP contribution in [0, 0.1) is 0 Å². The number of hydrogen-bond acceptors (Lipinski definition) is 5. The zero-order valence-corrected chi connectivity index (χ0v) is 15.5. The number of nitrogens with zero attached hydrogens (tertiary/aromatic N) is 3. The zero-order valence-electron chi connectivity index (χ0n) is 15.5. The van der Waals surface area contributed by atoms with Crippen molar-refractivity contribution in [3.63, 3.8) is 0 Å². The van der Waals surface area contributed by atoms with Crippen molar-refractivity contribution in [2.24, 2.45) is 5.10 Å². The van der Waals surface area contributed by atoms with Crippen molar-refractivity contribution in [3.05, 3.63) is 29.8 Å². The van der Waals surface area contributed by atoms with Crippen molar-refractivity contribution in [1.29, 1.82) is 0 Å². The SMILES string of the molecule is CCN1CCC(NC(=O)c2cccc(N3N=C(C)C(O)(CC)C3=O)c2)C1. The van der Waals surface area contributed by atoms with E-state index in [2.05, 4.69) is 22.2 Å². The Morgan fingerprint density at radius 3 is 2.81 bits per heavy atom. The van der Waals surface area contributed by atoms with Gasteiger partial charge in [0.1, 0.15) is 0 Å². The molecule has 1 aromatic rings. The Bertz CT molecular complexity index is 748. The number of aliphatic hydroxyl groups is 1. The molecule has 1 fully saturated rings. The highest BCUT2D eigenvalue weighted by atomic mass is 16.3. The summed E-state index contributed by atoms with van der Waals surface area (Å²) < 4.78 is 0. The number of likely N-dealkylation sites (tertiary alicyclic amines) is 1. The highest BCUT2D eigenvalue weighted by Crippen LogP contribution is 2.29. The van der Waals surface area contributed by atoms with Crippen LogP contribution in [-0.2, 0) is 4.79 Å². The molecule has 3 rings (SSSR count). The van der Waals surface area contributed by atoms with Gasteiger partial charge in [-0.05, 0) is 44.5 Å². The molecule has 7 nitrogen and oxygen atoms in total. The average Bonchev–Trinajstić information content (AvgIpc) is 3.20. The lowest BCUT2D eigenvalue weighted by Gasteiger charge is -2.20. The monoisotopic (exact) mass is 358 g/mol. The molecule has 2 N–H and O–H groups in total. The molecule has 2 amide bonds. The van der Waals surface area contributed by atoms with Crippen LogP contribution in [0.3, 0.4) is 0 Å². The summed E-state index contributed by atoms with van der Waals surface area (Å²) in [5, 5.41) is 18.9. The van der Waals surface area contributed by atoms with Crippen LogP contribution < -0.4 is 10.3 Å². The Balaban J connectivity index is 1.75. The molecule has 2 atom stereocenters. The third-order valence-electron chi connectivity index (χ3n) is 5.31. The molecule has 0 bridgehead atoms. The molecular weight excluding hydrogens is 332 g/mol. The number of rotatable bonds is 5. The largest absolute Gasteiger partial charge is 0.374 e. The fourth-order valence-corrected chi connectivity index (χ4v) is 3.48. The Morgan fingerprint density at radius 1 is 1.42 bits per heavy atom. The van der Waals surface area contributed by atoms with Crippen LogP contribution in [0.15, 0.2) is 29.4 Å². The lowest BCUT2D eigenvalue weighted by atomic mass is 9.95. The van der Waals surface area contributed by atoms with E-state index in [9.17, 15) is 14.7 Å². The first-order valence-electron chi connectivity index (χ1n) is 9.15. The summed E-state index contributed by atoms with van der Waals surface area (Å²) in [6.45, 7) is 8.33. The number of hydrogen-bond donors (Lipinski definition) is 2. The van der Waals surface area contributed by atoms with Crippen LogP contribution in [-0.4, -0.2) is 58.8 Å². The van der Waals surface area contributed by atoms with E-state index in [1.807, 2.05) is 0 Å². The number of carbonyl (C=O) groups excluding carboxylic acids is 2. The van der Waals surface area contributed by atoms with Gasteiger partial charge < -0.3 is 15.3 Å². The molecule has 1 saturated heterocycles. The van der Waals surface area contributed by atoms with Gasteiger partial charge in [-0.25, -0.2) is 0 Å². The molecule has 140 valence electrons. The summed E-state index contributed by atoms with van der Waals surface area (Å²) in [6.07, 6.45) is 1.20. The molecule has 2 aliphatic heterocycles. The number of carbonyl (C=O) groups is 2. The second-order valence-electron chi connectivity index (χ2n) is 6.92. The summed E-state index contributed by atoms with van der Waals surface area (Å²) in [6, 6.07) is 6.93. The van der Waals surface area contributed by atoms with Gasteiger partial charge in [0.25, 0.3) is 11.8 Å². The molecule has 2 aliphatic rings. The third kappa shape index (κ3) is 3.24. The summed E-state index contributed by atoms with van der Waals surface area (Å²) in [5.74, 6) is -0.641. The lowest BCUT2D eigenvalue weighted by Crippen LogP contribution is -2.45. The minimum absolute atomic E-state index is 0.143. The Hall–Kier alpha value is -2.25. The Labute approximate surface area is 153 Å². The first kappa shape index (κ1) is 18.5. The van der Waals surface area contributed by atoms with Gasteiger partial charge in [-0.3, -0.25) is 9.59 Å². The van der Waals surface area contributed by atoms with E-state index in [4.69, 9.17) is 0 Å². The van der Waals surface area contributed by atoms with Crippen molar-refractivity contribution in [1.82, 2.24) is 10.2 Å². The quantitative estimate of drug-likeness (QED) is 0.833. The summed E-state index contributed by atoms with van der Waals surface area (Å²) >= 11 is 0. The van der Waals surface area contributed by atoms with Gasteiger partial charge in [0.2, 0.25) is 0 Å². The molecule has 0 aliphatic carbocycles. The fourth-order valence-electron chi connectivity index (χ4n) is 3.48. The van der Waals surface area contributed by atoms with E-state index in [1.165, 1.54) is 5.01 Å². The van der Waals surface area contributed by atoms with Gasteiger partial charge in [-0.2, -0.15) is 10.1 Å². The summed E-state index contributed by atoms with van der Waals surface area (Å²) in [7, 11) is 0. The van der Waals surface area contributed by atoms with Crippen LogP contribution in [0.25, 0.3) is 0 Å². The second kappa shape index (κ2) is 7.17. The highest BCUT2D eigenvalue weighted by Gasteiger charge is 2.46. The highest BCUT2D eigenvalue weighted by molar-refractivity contribution is 6.21. The van der Waals surface area contributed by atoms with Crippen molar-refractivity contribution in [3.8, 4) is 0 Å². The molecule has 2 unspecified atom stereocenters. The van der Waals surface area contributed by atoms with Crippen molar-refractivity contribution < 1.29 is 14.7 Å². The molecule has 2 heterocycles. The molecule has 0 spiro atoms. The first-order valence-corrected chi connectivity index (χ1v) is 9.15. The van der Waals surface area contributed by atoms with Crippen LogP contribution in [0.2, 0.25) is 0 Å². The summed E-state index contributed by atoms with van der Waals surface area (Å²) in [5.41, 5.74) is -0.241. The maximum Gasteiger partial charge on any atom is 0.285 e. The third-order valence-corrected chi connectivity index (χ3v) is 5.31. The van der Waals surface area contributed by atoms with Gasteiger partial charge >= 0.3 is 0 Å². The number of anilines is 1. The fraction of sp³-hybridized carbons (Fsp3) is 0.526. The number of hydrazone groups is 1. The molecule has 26 heavy (non-hydrogen) atoms. The molecule has 0 radical (unpaired) electrons. The molecular formula is C19H26N4O3. The minimum atomic E-state index is -1.56. The average molecular weight is 358 g/mol.